The smallest absolute Gasteiger partial charge is 0.0327 e. The zero-order valence-corrected chi connectivity index (χ0v) is 10.7. The molecule has 78 valence electrons. The second-order valence-corrected chi connectivity index (χ2v) is 5.43. The predicted molar refractivity (Wildman–Crippen MR) is 64.8 cm³/mol. The van der Waals surface area contributed by atoms with Crippen LogP contribution in [-0.4, -0.2) is 30.6 Å². The topological polar surface area (TPSA) is 15.3 Å². The van der Waals surface area contributed by atoms with E-state index in [-0.39, 0.29) is 0 Å². The molecule has 2 rings (SSSR count). The van der Waals surface area contributed by atoms with Crippen LogP contribution in [-0.2, 0) is 6.54 Å². The van der Waals surface area contributed by atoms with Crippen molar-refractivity contribution in [3.8, 4) is 0 Å². The third kappa shape index (κ3) is 2.57. The molecule has 2 nitrogen and oxygen atoms in total. The van der Waals surface area contributed by atoms with Crippen LogP contribution in [0.1, 0.15) is 12.5 Å². The molecular formula is C10H15BrN2S. The lowest BCUT2D eigenvalue weighted by Gasteiger charge is -2.31. The summed E-state index contributed by atoms with van der Waals surface area (Å²) in [7, 11) is 0. The van der Waals surface area contributed by atoms with Crippen LogP contribution in [0, 0.1) is 0 Å². The SMILES string of the molecule is CC1CN(Cc2cscc2Br)CCN1. The number of rotatable bonds is 2. The van der Waals surface area contributed by atoms with Gasteiger partial charge in [-0.15, -0.1) is 0 Å². The van der Waals surface area contributed by atoms with E-state index in [0.29, 0.717) is 6.04 Å². The quantitative estimate of drug-likeness (QED) is 0.891. The summed E-state index contributed by atoms with van der Waals surface area (Å²) < 4.78 is 1.26. The molecule has 14 heavy (non-hydrogen) atoms. The second-order valence-electron chi connectivity index (χ2n) is 3.84. The number of piperazine rings is 1. The fourth-order valence-electron chi connectivity index (χ4n) is 1.82. The first-order valence-corrected chi connectivity index (χ1v) is 6.65. The monoisotopic (exact) mass is 274 g/mol. The number of hydrogen-bond donors (Lipinski definition) is 1. The van der Waals surface area contributed by atoms with E-state index in [1.54, 1.807) is 11.3 Å². The van der Waals surface area contributed by atoms with Gasteiger partial charge in [-0.1, -0.05) is 0 Å². The minimum atomic E-state index is 0.626. The summed E-state index contributed by atoms with van der Waals surface area (Å²) >= 11 is 5.34. The van der Waals surface area contributed by atoms with Gasteiger partial charge in [-0.05, 0) is 33.8 Å². The molecule has 1 unspecified atom stereocenters. The molecule has 2 heterocycles. The van der Waals surface area contributed by atoms with Gasteiger partial charge in [-0.3, -0.25) is 4.90 Å². The van der Waals surface area contributed by atoms with Crippen molar-refractivity contribution >= 4 is 27.3 Å². The van der Waals surface area contributed by atoms with Crippen LogP contribution in [0.3, 0.4) is 0 Å². The van der Waals surface area contributed by atoms with Crippen molar-refractivity contribution in [2.75, 3.05) is 19.6 Å². The van der Waals surface area contributed by atoms with Crippen molar-refractivity contribution in [1.82, 2.24) is 10.2 Å². The van der Waals surface area contributed by atoms with Crippen LogP contribution in [0.5, 0.6) is 0 Å². The fraction of sp³-hybridized carbons (Fsp3) is 0.600. The molecule has 1 aliphatic rings. The Morgan fingerprint density at radius 3 is 3.14 bits per heavy atom. The van der Waals surface area contributed by atoms with Gasteiger partial charge in [0.2, 0.25) is 0 Å². The summed E-state index contributed by atoms with van der Waals surface area (Å²) in [6.45, 7) is 6.75. The molecule has 0 saturated carbocycles. The standard InChI is InChI=1S/C10H15BrN2S/c1-8-4-13(3-2-12-8)5-9-6-14-7-10(9)11/h6-8,12H,2-5H2,1H3. The number of hydrogen-bond acceptors (Lipinski definition) is 3. The predicted octanol–water partition coefficient (Wildman–Crippen LogP) is 2.30. The second kappa shape index (κ2) is 4.75. The van der Waals surface area contributed by atoms with Gasteiger partial charge in [0, 0.05) is 42.1 Å². The largest absolute Gasteiger partial charge is 0.312 e. The summed E-state index contributed by atoms with van der Waals surface area (Å²) in [6.07, 6.45) is 0. The molecule has 0 aromatic carbocycles. The lowest BCUT2D eigenvalue weighted by atomic mass is 10.2. The lowest BCUT2D eigenvalue weighted by molar-refractivity contribution is 0.199. The lowest BCUT2D eigenvalue weighted by Crippen LogP contribution is -2.48. The highest BCUT2D eigenvalue weighted by molar-refractivity contribution is 9.10. The van der Waals surface area contributed by atoms with E-state index in [9.17, 15) is 0 Å². The van der Waals surface area contributed by atoms with Crippen molar-refractivity contribution in [2.45, 2.75) is 19.5 Å². The number of nitrogens with zero attached hydrogens (tertiary/aromatic N) is 1. The van der Waals surface area contributed by atoms with Gasteiger partial charge in [0.15, 0.2) is 0 Å². The van der Waals surface area contributed by atoms with Crippen LogP contribution >= 0.6 is 27.3 Å². The molecule has 1 N–H and O–H groups in total. The Bertz CT molecular complexity index is 300. The highest BCUT2D eigenvalue weighted by atomic mass is 79.9. The minimum absolute atomic E-state index is 0.626. The van der Waals surface area contributed by atoms with Gasteiger partial charge in [0.1, 0.15) is 0 Å². The highest BCUT2D eigenvalue weighted by Crippen LogP contribution is 2.23. The van der Waals surface area contributed by atoms with Crippen molar-refractivity contribution < 1.29 is 0 Å². The maximum Gasteiger partial charge on any atom is 0.0327 e. The van der Waals surface area contributed by atoms with E-state index in [4.69, 9.17) is 0 Å². The Balaban J connectivity index is 1.94. The Labute approximate surface area is 97.4 Å². The summed E-state index contributed by atoms with van der Waals surface area (Å²) in [6, 6.07) is 0.626. The van der Waals surface area contributed by atoms with E-state index in [0.717, 1.165) is 26.2 Å². The zero-order valence-electron chi connectivity index (χ0n) is 8.29. The zero-order chi connectivity index (χ0) is 9.97. The summed E-state index contributed by atoms with van der Waals surface area (Å²) in [5.41, 5.74) is 1.42. The number of nitrogens with one attached hydrogen (secondary N) is 1. The Morgan fingerprint density at radius 1 is 1.64 bits per heavy atom. The maximum atomic E-state index is 3.58. The molecule has 0 bridgehead atoms. The average molecular weight is 275 g/mol. The van der Waals surface area contributed by atoms with Crippen molar-refractivity contribution in [3.63, 3.8) is 0 Å². The highest BCUT2D eigenvalue weighted by Gasteiger charge is 2.16. The molecule has 1 saturated heterocycles. The van der Waals surface area contributed by atoms with E-state index >= 15 is 0 Å². The first-order valence-electron chi connectivity index (χ1n) is 4.92. The van der Waals surface area contributed by atoms with Gasteiger partial charge < -0.3 is 5.32 Å². The van der Waals surface area contributed by atoms with Crippen molar-refractivity contribution in [1.29, 1.82) is 0 Å². The number of halogens is 1. The first-order chi connectivity index (χ1) is 6.75. The van der Waals surface area contributed by atoms with E-state index in [1.807, 2.05) is 0 Å². The molecule has 0 amide bonds. The molecule has 1 atom stereocenters. The van der Waals surface area contributed by atoms with Crippen LogP contribution < -0.4 is 5.32 Å². The van der Waals surface area contributed by atoms with Gasteiger partial charge in [-0.25, -0.2) is 0 Å². The molecule has 0 radical (unpaired) electrons. The minimum Gasteiger partial charge on any atom is -0.312 e. The molecular weight excluding hydrogens is 260 g/mol. The molecule has 0 aliphatic carbocycles. The van der Waals surface area contributed by atoms with Crippen molar-refractivity contribution in [3.05, 3.63) is 20.8 Å². The van der Waals surface area contributed by atoms with Crippen LogP contribution in [0.25, 0.3) is 0 Å². The molecule has 4 heteroatoms. The molecule has 0 spiro atoms. The van der Waals surface area contributed by atoms with Gasteiger partial charge in [0.05, 0.1) is 0 Å². The summed E-state index contributed by atoms with van der Waals surface area (Å²) in [5.74, 6) is 0. The Kier molecular flexibility index (Phi) is 3.60. The van der Waals surface area contributed by atoms with Crippen LogP contribution in [0.15, 0.2) is 15.2 Å². The molecule has 1 aromatic heterocycles. The van der Waals surface area contributed by atoms with Crippen molar-refractivity contribution in [2.24, 2.45) is 0 Å². The fourth-order valence-corrected chi connectivity index (χ4v) is 3.24. The molecule has 1 fully saturated rings. The van der Waals surface area contributed by atoms with E-state index in [1.165, 1.54) is 10.0 Å². The molecule has 1 aromatic rings. The third-order valence-corrected chi connectivity index (χ3v) is 4.37. The first kappa shape index (κ1) is 10.6. The van der Waals surface area contributed by atoms with Crippen LogP contribution in [0.4, 0.5) is 0 Å². The average Bonchev–Trinajstić information content (AvgIpc) is 2.52. The van der Waals surface area contributed by atoms with Gasteiger partial charge in [0.25, 0.3) is 0 Å². The van der Waals surface area contributed by atoms with E-state index < -0.39 is 0 Å². The number of thiophene rings is 1. The maximum absolute atomic E-state index is 3.58. The Morgan fingerprint density at radius 2 is 2.50 bits per heavy atom. The Hall–Kier alpha value is 0.1000. The van der Waals surface area contributed by atoms with Gasteiger partial charge in [-0.2, -0.15) is 11.3 Å². The molecule has 1 aliphatic heterocycles. The van der Waals surface area contributed by atoms with E-state index in [2.05, 4.69) is 43.8 Å². The normalized spacial score (nSPS) is 24.0. The third-order valence-electron chi connectivity index (χ3n) is 2.54. The van der Waals surface area contributed by atoms with Gasteiger partial charge >= 0.3 is 0 Å². The summed E-state index contributed by atoms with van der Waals surface area (Å²) in [4.78, 5) is 2.51. The van der Waals surface area contributed by atoms with Crippen LogP contribution in [0.2, 0.25) is 0 Å². The summed E-state index contributed by atoms with van der Waals surface area (Å²) in [5, 5.41) is 7.84.